The monoisotopic (exact) mass is 482 g/mol. The number of hydrogen-bond donors (Lipinski definition) is 3. The van der Waals surface area contributed by atoms with Crippen LogP contribution in [0.25, 0.3) is 4.85 Å². The van der Waals surface area contributed by atoms with Crippen molar-refractivity contribution in [2.45, 2.75) is 51.9 Å². The number of rotatable bonds is 10. The number of unbranched alkanes of at least 4 members (excludes halogenated alkanes) is 5. The van der Waals surface area contributed by atoms with E-state index in [1.807, 2.05) is 12.1 Å². The van der Waals surface area contributed by atoms with E-state index in [-0.39, 0.29) is 22.5 Å². The number of hydrogen-bond acceptors (Lipinski definition) is 4. The molecule has 0 atom stereocenters. The lowest BCUT2D eigenvalue weighted by molar-refractivity contribution is 0.254. The van der Waals surface area contributed by atoms with E-state index in [1.165, 1.54) is 37.8 Å². The summed E-state index contributed by atoms with van der Waals surface area (Å²) in [7, 11) is 0. The first-order chi connectivity index (χ1) is 15.9. The van der Waals surface area contributed by atoms with Gasteiger partial charge in [0.1, 0.15) is 12.1 Å². The predicted molar refractivity (Wildman–Crippen MR) is 131 cm³/mol. The van der Waals surface area contributed by atoms with Crippen LogP contribution < -0.4 is 16.2 Å². The van der Waals surface area contributed by atoms with Crippen molar-refractivity contribution in [2.24, 2.45) is 0 Å². The first-order valence-electron chi connectivity index (χ1n) is 10.6. The first kappa shape index (κ1) is 25.8. The molecule has 0 fully saturated rings. The molecule has 2 aromatic carbocycles. The van der Waals surface area contributed by atoms with E-state index in [2.05, 4.69) is 27.9 Å². The number of nitriles is 2. The summed E-state index contributed by atoms with van der Waals surface area (Å²) in [6.07, 6.45) is 7.88. The molecule has 33 heavy (non-hydrogen) atoms. The number of carbonyl (C=O) groups is 1. The van der Waals surface area contributed by atoms with Crippen LogP contribution in [0.3, 0.4) is 0 Å². The molecule has 0 unspecified atom stereocenters. The van der Waals surface area contributed by atoms with Crippen LogP contribution in [0.15, 0.2) is 24.3 Å². The highest BCUT2D eigenvalue weighted by atomic mass is 35.5. The highest BCUT2D eigenvalue weighted by Gasteiger charge is 2.14. The quantitative estimate of drug-likeness (QED) is 0.187. The molecule has 0 spiro atoms. The molecule has 0 bridgehead atoms. The Morgan fingerprint density at radius 1 is 1.00 bits per heavy atom. The lowest BCUT2D eigenvalue weighted by atomic mass is 10.0. The van der Waals surface area contributed by atoms with Crippen molar-refractivity contribution >= 4 is 46.3 Å². The van der Waals surface area contributed by atoms with Gasteiger partial charge in [-0.2, -0.15) is 10.5 Å². The van der Waals surface area contributed by atoms with Gasteiger partial charge in [-0.3, -0.25) is 10.9 Å². The minimum atomic E-state index is -0.668. The maximum Gasteiger partial charge on any atom is 0.337 e. The highest BCUT2D eigenvalue weighted by molar-refractivity contribution is 6.36. The second-order valence-corrected chi connectivity index (χ2v) is 8.21. The summed E-state index contributed by atoms with van der Waals surface area (Å²) in [4.78, 5) is 15.6. The Morgan fingerprint density at radius 2 is 1.64 bits per heavy atom. The Hall–Kier alpha value is -3.44. The van der Waals surface area contributed by atoms with Gasteiger partial charge in [-0.15, -0.1) is 0 Å². The van der Waals surface area contributed by atoms with Crippen LogP contribution >= 0.6 is 23.2 Å². The summed E-state index contributed by atoms with van der Waals surface area (Å²) in [6.45, 7) is 9.25. The number of nitrogens with zero attached hydrogens (tertiary/aromatic N) is 3. The van der Waals surface area contributed by atoms with E-state index >= 15 is 0 Å². The Bertz CT molecular complexity index is 1090. The third-order valence-electron chi connectivity index (χ3n) is 4.98. The largest absolute Gasteiger partial charge is 0.337 e. The smallest absolute Gasteiger partial charge is 0.305 e. The van der Waals surface area contributed by atoms with Gasteiger partial charge in [-0.25, -0.2) is 9.64 Å². The van der Waals surface area contributed by atoms with Gasteiger partial charge in [0.05, 0.1) is 34.1 Å². The molecule has 0 aliphatic rings. The molecular weight excluding hydrogens is 459 g/mol. The third-order valence-corrected chi connectivity index (χ3v) is 5.64. The Kier molecular flexibility index (Phi) is 10.3. The zero-order chi connectivity index (χ0) is 24.2. The topological polar surface area (TPSA) is 105 Å². The molecule has 0 heterocycles. The van der Waals surface area contributed by atoms with Gasteiger partial charge in [0.2, 0.25) is 0 Å². The average molecular weight is 483 g/mol. The fourth-order valence-corrected chi connectivity index (χ4v) is 3.74. The number of halogens is 2. The van der Waals surface area contributed by atoms with Gasteiger partial charge < -0.3 is 5.32 Å². The summed E-state index contributed by atoms with van der Waals surface area (Å²) >= 11 is 12.7. The molecular formula is C24H24Cl2N6O. The van der Waals surface area contributed by atoms with Crippen LogP contribution in [0.5, 0.6) is 0 Å². The molecule has 2 rings (SSSR count). The summed E-state index contributed by atoms with van der Waals surface area (Å²) < 4.78 is 0. The van der Waals surface area contributed by atoms with E-state index < -0.39 is 6.03 Å². The maximum atomic E-state index is 12.4. The Labute approximate surface area is 204 Å². The molecule has 0 aromatic heterocycles. The van der Waals surface area contributed by atoms with E-state index in [0.717, 1.165) is 24.8 Å². The van der Waals surface area contributed by atoms with E-state index in [0.29, 0.717) is 15.7 Å². The van der Waals surface area contributed by atoms with Crippen LogP contribution in [0.4, 0.5) is 21.9 Å². The molecule has 0 aliphatic heterocycles. The molecule has 0 radical (unpaired) electrons. The number of nitrogens with one attached hydrogen (secondary N) is 3. The third kappa shape index (κ3) is 7.58. The minimum absolute atomic E-state index is 0.0560. The fourth-order valence-electron chi connectivity index (χ4n) is 3.25. The second kappa shape index (κ2) is 13.2. The van der Waals surface area contributed by atoms with Gasteiger partial charge in [0, 0.05) is 5.02 Å². The number of amides is 2. The van der Waals surface area contributed by atoms with Crippen LogP contribution in [0.2, 0.25) is 10.0 Å². The van der Waals surface area contributed by atoms with Crippen LogP contribution in [0, 0.1) is 29.2 Å². The number of aryl methyl sites for hydroxylation is 1. The van der Waals surface area contributed by atoms with Crippen molar-refractivity contribution in [3.8, 4) is 12.1 Å². The summed E-state index contributed by atoms with van der Waals surface area (Å²) in [5, 5.41) is 22.1. The van der Waals surface area contributed by atoms with Crippen molar-refractivity contribution < 1.29 is 4.79 Å². The zero-order valence-corrected chi connectivity index (χ0v) is 19.8. The number of carbonyl (C=O) groups excluding carboxylic acids is 1. The average Bonchev–Trinajstić information content (AvgIpc) is 2.82. The lowest BCUT2D eigenvalue weighted by Crippen LogP contribution is -2.34. The van der Waals surface area contributed by atoms with Crippen LogP contribution in [-0.4, -0.2) is 6.03 Å². The van der Waals surface area contributed by atoms with Crippen molar-refractivity contribution in [3.05, 3.63) is 62.4 Å². The molecule has 0 aliphatic carbocycles. The van der Waals surface area contributed by atoms with E-state index in [4.69, 9.17) is 29.8 Å². The molecule has 0 saturated heterocycles. The van der Waals surface area contributed by atoms with Gasteiger partial charge >= 0.3 is 6.03 Å². The number of urea groups is 1. The number of anilines is 2. The minimum Gasteiger partial charge on any atom is -0.305 e. The van der Waals surface area contributed by atoms with Crippen LogP contribution in [-0.2, 0) is 6.42 Å². The predicted octanol–water partition coefficient (Wildman–Crippen LogP) is 7.34. The molecule has 9 heteroatoms. The second-order valence-electron chi connectivity index (χ2n) is 7.40. The SMILES string of the molecule is [C-]#[N+]c1cc(C#N)c(NNC(=O)Nc2cc(Cl)c(CCCCCCCC)cc2Cl)c(C#N)c1. The standard InChI is InChI=1S/C24H24Cl2N6O/c1-3-4-5-6-7-8-9-16-12-21(26)22(13-20(16)25)30-24(33)32-31-23-17(14-27)10-19(29-2)11-18(23)15-28/h10-13,31H,3-9H2,1H3,(H2,30,32,33). The van der Waals surface area contributed by atoms with Gasteiger partial charge in [0.15, 0.2) is 5.69 Å². The van der Waals surface area contributed by atoms with Gasteiger partial charge in [0.25, 0.3) is 0 Å². The van der Waals surface area contributed by atoms with Gasteiger partial charge in [-0.05, 0) is 42.7 Å². The fraction of sp³-hybridized carbons (Fsp3) is 0.333. The Balaban J connectivity index is 2.00. The molecule has 170 valence electrons. The lowest BCUT2D eigenvalue weighted by Gasteiger charge is -2.14. The molecule has 7 nitrogen and oxygen atoms in total. The summed E-state index contributed by atoms with van der Waals surface area (Å²) in [5.74, 6) is 0. The number of benzene rings is 2. The summed E-state index contributed by atoms with van der Waals surface area (Å²) in [5.41, 5.74) is 6.56. The zero-order valence-electron chi connectivity index (χ0n) is 18.3. The van der Waals surface area contributed by atoms with Gasteiger partial charge in [-0.1, -0.05) is 62.2 Å². The van der Waals surface area contributed by atoms with Crippen LogP contribution in [0.1, 0.15) is 62.1 Å². The highest BCUT2D eigenvalue weighted by Crippen LogP contribution is 2.31. The molecule has 0 saturated carbocycles. The van der Waals surface area contributed by atoms with Crippen molar-refractivity contribution in [1.82, 2.24) is 5.43 Å². The summed E-state index contributed by atoms with van der Waals surface area (Å²) in [6, 6.07) is 9.15. The van der Waals surface area contributed by atoms with E-state index in [1.54, 1.807) is 12.1 Å². The number of hydrazine groups is 1. The molecule has 2 amide bonds. The molecule has 3 N–H and O–H groups in total. The van der Waals surface area contributed by atoms with E-state index in [9.17, 15) is 15.3 Å². The maximum absolute atomic E-state index is 12.4. The molecule has 2 aromatic rings. The van der Waals surface area contributed by atoms with Crippen molar-refractivity contribution in [1.29, 1.82) is 10.5 Å². The van der Waals surface area contributed by atoms with Crippen molar-refractivity contribution in [3.63, 3.8) is 0 Å². The first-order valence-corrected chi connectivity index (χ1v) is 11.4. The van der Waals surface area contributed by atoms with Crippen molar-refractivity contribution in [2.75, 3.05) is 10.7 Å². The normalized spacial score (nSPS) is 9.94. The Morgan fingerprint density at radius 3 is 2.24 bits per heavy atom.